The Bertz CT molecular complexity index is 1350. The molecule has 4 aromatic rings. The van der Waals surface area contributed by atoms with Gasteiger partial charge in [-0.15, -0.1) is 0 Å². The second-order valence-electron chi connectivity index (χ2n) is 6.31. The quantitative estimate of drug-likeness (QED) is 0.310. The van der Waals surface area contributed by atoms with E-state index in [1.807, 2.05) is 6.92 Å². The van der Waals surface area contributed by atoms with E-state index in [2.05, 4.69) is 5.10 Å². The maximum atomic E-state index is 12.7. The molecule has 0 saturated carbocycles. The molecular weight excluding hydrogens is 360 g/mol. The Balaban J connectivity index is 1.77. The van der Waals surface area contributed by atoms with Crippen LogP contribution in [0.2, 0.25) is 0 Å². The van der Waals surface area contributed by atoms with Crippen molar-refractivity contribution in [1.82, 2.24) is 9.78 Å². The number of hydrogen-bond donors (Lipinski definition) is 0. The number of carbonyl (C=O) groups excluding carboxylic acids is 1. The smallest absolute Gasteiger partial charge is 0.364 e. The third-order valence-corrected chi connectivity index (χ3v) is 4.54. The zero-order chi connectivity index (χ0) is 19.8. The highest BCUT2D eigenvalue weighted by atomic mass is 16.5. The van der Waals surface area contributed by atoms with Crippen LogP contribution in [0.5, 0.6) is 5.75 Å². The second kappa shape index (κ2) is 6.77. The van der Waals surface area contributed by atoms with Crippen molar-refractivity contribution in [2.24, 2.45) is 7.05 Å². The largest absolute Gasteiger partial charge is 0.423 e. The zero-order valence-corrected chi connectivity index (χ0v) is 15.3. The lowest BCUT2D eigenvalue weighted by molar-refractivity contribution is 0.0728. The van der Waals surface area contributed by atoms with Crippen molar-refractivity contribution in [1.29, 1.82) is 0 Å². The number of aryl methyl sites for hydroxylation is 2. The van der Waals surface area contributed by atoms with Gasteiger partial charge in [0.15, 0.2) is 5.69 Å². The molecule has 0 atom stereocenters. The molecule has 0 unspecified atom stereocenters. The number of rotatable bonds is 3. The molecule has 0 aliphatic heterocycles. The molecule has 2 aromatic carbocycles. The average molecular weight is 376 g/mol. The lowest BCUT2D eigenvalue weighted by atomic mass is 10.1. The van der Waals surface area contributed by atoms with Crippen LogP contribution in [0.3, 0.4) is 0 Å². The van der Waals surface area contributed by atoms with Gasteiger partial charge in [0, 0.05) is 30.0 Å². The van der Waals surface area contributed by atoms with E-state index in [1.54, 1.807) is 36.4 Å². The lowest BCUT2D eigenvalue weighted by Crippen LogP contribution is -2.24. The maximum Gasteiger partial charge on any atom is 0.364 e. The van der Waals surface area contributed by atoms with Crippen LogP contribution in [0.15, 0.2) is 62.5 Å². The first kappa shape index (κ1) is 17.7. The van der Waals surface area contributed by atoms with Gasteiger partial charge in [-0.1, -0.05) is 25.1 Å². The summed E-state index contributed by atoms with van der Waals surface area (Å²) in [4.78, 5) is 36.6. The Morgan fingerprint density at radius 3 is 2.57 bits per heavy atom. The number of ether oxygens (including phenoxy) is 1. The first-order valence-electron chi connectivity index (χ1n) is 8.73. The van der Waals surface area contributed by atoms with Crippen LogP contribution in [-0.4, -0.2) is 15.7 Å². The average Bonchev–Trinajstić information content (AvgIpc) is 2.69. The molecule has 0 aliphatic rings. The van der Waals surface area contributed by atoms with Crippen LogP contribution in [-0.2, 0) is 13.5 Å². The van der Waals surface area contributed by atoms with Crippen molar-refractivity contribution in [3.8, 4) is 5.75 Å². The Labute approximate surface area is 158 Å². The van der Waals surface area contributed by atoms with Gasteiger partial charge in [-0.25, -0.2) is 14.3 Å². The van der Waals surface area contributed by atoms with Gasteiger partial charge in [0.25, 0.3) is 5.56 Å². The van der Waals surface area contributed by atoms with Gasteiger partial charge < -0.3 is 9.15 Å². The van der Waals surface area contributed by atoms with Crippen molar-refractivity contribution in [2.75, 3.05) is 0 Å². The standard InChI is InChI=1S/C21H16N2O5/c1-3-12-10-18(24)28-17-11-13(8-9-14(12)17)27-21(26)19-15-6-4-5-7-16(15)20(25)23(2)22-19/h4-11H,3H2,1-2H3. The van der Waals surface area contributed by atoms with E-state index < -0.39 is 11.6 Å². The van der Waals surface area contributed by atoms with E-state index in [4.69, 9.17) is 9.15 Å². The van der Waals surface area contributed by atoms with E-state index in [-0.39, 0.29) is 17.0 Å². The Morgan fingerprint density at radius 1 is 1.07 bits per heavy atom. The van der Waals surface area contributed by atoms with E-state index in [1.165, 1.54) is 19.2 Å². The molecule has 0 radical (unpaired) electrons. The highest BCUT2D eigenvalue weighted by Gasteiger charge is 2.18. The number of carbonyl (C=O) groups is 1. The van der Waals surface area contributed by atoms with E-state index in [0.29, 0.717) is 22.8 Å². The van der Waals surface area contributed by atoms with Gasteiger partial charge in [0.05, 0.1) is 5.39 Å². The van der Waals surface area contributed by atoms with Gasteiger partial charge >= 0.3 is 11.6 Å². The molecular formula is C21H16N2O5. The third kappa shape index (κ3) is 2.96. The van der Waals surface area contributed by atoms with Crippen LogP contribution in [0.25, 0.3) is 21.7 Å². The zero-order valence-electron chi connectivity index (χ0n) is 15.3. The van der Waals surface area contributed by atoms with E-state index in [9.17, 15) is 14.4 Å². The molecule has 7 nitrogen and oxygen atoms in total. The Kier molecular flexibility index (Phi) is 4.27. The molecule has 4 rings (SSSR count). The normalized spacial score (nSPS) is 11.1. The SMILES string of the molecule is CCc1cc(=O)oc2cc(OC(=O)c3nn(C)c(=O)c4ccccc34)ccc12. The van der Waals surface area contributed by atoms with Crippen molar-refractivity contribution in [3.63, 3.8) is 0 Å². The molecule has 2 heterocycles. The Morgan fingerprint density at radius 2 is 1.82 bits per heavy atom. The van der Waals surface area contributed by atoms with Gasteiger partial charge in [-0.05, 0) is 30.2 Å². The number of fused-ring (bicyclic) bond motifs is 2. The van der Waals surface area contributed by atoms with Gasteiger partial charge in [-0.3, -0.25) is 4.79 Å². The summed E-state index contributed by atoms with van der Waals surface area (Å²) in [6.45, 7) is 1.94. The minimum absolute atomic E-state index is 0.0292. The predicted octanol–water partition coefficient (Wildman–Crippen LogP) is 2.82. The minimum atomic E-state index is -0.708. The Hall–Kier alpha value is -3.74. The van der Waals surface area contributed by atoms with Gasteiger partial charge in [0.2, 0.25) is 0 Å². The van der Waals surface area contributed by atoms with Crippen molar-refractivity contribution in [2.45, 2.75) is 13.3 Å². The molecule has 0 aliphatic carbocycles. The van der Waals surface area contributed by atoms with Crippen molar-refractivity contribution in [3.05, 3.63) is 80.6 Å². The summed E-state index contributed by atoms with van der Waals surface area (Å²) in [7, 11) is 1.47. The summed E-state index contributed by atoms with van der Waals surface area (Å²) in [5.74, 6) is -0.492. The number of hydrogen-bond acceptors (Lipinski definition) is 6. The summed E-state index contributed by atoms with van der Waals surface area (Å²) in [5, 5.41) is 5.63. The first-order chi connectivity index (χ1) is 13.5. The van der Waals surface area contributed by atoms with Crippen molar-refractivity contribution >= 4 is 27.7 Å². The van der Waals surface area contributed by atoms with Gasteiger partial charge in [0.1, 0.15) is 11.3 Å². The van der Waals surface area contributed by atoms with Crippen molar-refractivity contribution < 1.29 is 13.9 Å². The summed E-state index contributed by atoms with van der Waals surface area (Å²) < 4.78 is 11.8. The van der Waals surface area contributed by atoms with Crippen LogP contribution in [0, 0.1) is 0 Å². The van der Waals surface area contributed by atoms with Crippen LogP contribution in [0.4, 0.5) is 0 Å². The van der Waals surface area contributed by atoms with Gasteiger partial charge in [-0.2, -0.15) is 5.10 Å². The molecule has 0 N–H and O–H groups in total. The molecule has 140 valence electrons. The molecule has 2 aromatic heterocycles. The topological polar surface area (TPSA) is 91.4 Å². The highest BCUT2D eigenvalue weighted by molar-refractivity contribution is 6.03. The number of nitrogens with zero attached hydrogens (tertiary/aromatic N) is 2. The number of benzene rings is 2. The fourth-order valence-corrected chi connectivity index (χ4v) is 3.17. The molecule has 28 heavy (non-hydrogen) atoms. The summed E-state index contributed by atoms with van der Waals surface area (Å²) in [5.41, 5.74) is 0.467. The minimum Gasteiger partial charge on any atom is -0.423 e. The second-order valence-corrected chi connectivity index (χ2v) is 6.31. The third-order valence-electron chi connectivity index (χ3n) is 4.54. The molecule has 0 fully saturated rings. The summed E-state index contributed by atoms with van der Waals surface area (Å²) >= 11 is 0. The monoisotopic (exact) mass is 376 g/mol. The fraction of sp³-hybridized carbons (Fsp3) is 0.143. The molecule has 0 bridgehead atoms. The predicted molar refractivity (Wildman–Crippen MR) is 104 cm³/mol. The van der Waals surface area contributed by atoms with Crippen LogP contribution >= 0.6 is 0 Å². The van der Waals surface area contributed by atoms with Crippen LogP contribution < -0.4 is 15.9 Å². The molecule has 7 heteroatoms. The highest BCUT2D eigenvalue weighted by Crippen LogP contribution is 2.24. The maximum absolute atomic E-state index is 12.7. The van der Waals surface area contributed by atoms with E-state index in [0.717, 1.165) is 15.6 Å². The molecule has 0 spiro atoms. The fourth-order valence-electron chi connectivity index (χ4n) is 3.17. The number of aromatic nitrogens is 2. The first-order valence-corrected chi connectivity index (χ1v) is 8.73. The molecule has 0 saturated heterocycles. The summed E-state index contributed by atoms with van der Waals surface area (Å²) in [6, 6.07) is 13.0. The number of esters is 1. The molecule has 0 amide bonds. The van der Waals surface area contributed by atoms with Crippen LogP contribution in [0.1, 0.15) is 23.0 Å². The van der Waals surface area contributed by atoms with E-state index >= 15 is 0 Å². The lowest BCUT2D eigenvalue weighted by Gasteiger charge is -2.09. The summed E-state index contributed by atoms with van der Waals surface area (Å²) in [6.07, 6.45) is 0.676.